The van der Waals surface area contributed by atoms with Gasteiger partial charge in [-0.3, -0.25) is 4.79 Å². The van der Waals surface area contributed by atoms with E-state index in [1.54, 1.807) is 0 Å². The van der Waals surface area contributed by atoms with E-state index >= 15 is 4.79 Å². The Morgan fingerprint density at radius 3 is 1.68 bits per heavy atom. The van der Waals surface area contributed by atoms with Gasteiger partial charge in [-0.25, -0.2) is 4.79 Å². The number of carbonyl (C=O) groups is 2. The van der Waals surface area contributed by atoms with E-state index in [1.165, 1.54) is 13.8 Å². The summed E-state index contributed by atoms with van der Waals surface area (Å²) in [5, 5.41) is 200. The molecule has 105 heavy (non-hydrogen) atoms. The first-order chi connectivity index (χ1) is 49.2. The molecule has 7 saturated heterocycles. The molecule has 12 rings (SSSR count). The number of aliphatic hydroxyl groups is 18. The maximum absolute atomic E-state index is 16.0. The number of rotatable bonds is 16. The molecule has 7 heterocycles. The van der Waals surface area contributed by atoms with Gasteiger partial charge >= 0.3 is 11.9 Å². The highest BCUT2D eigenvalue weighted by Gasteiger charge is 2.73. The number of esters is 2. The quantitative estimate of drug-likeness (QED) is 0.0390. The fraction of sp³-hybridized carbons (Fsp3) is 0.943. The molecule has 5 aliphatic carbocycles. The standard InChI is InChI=1S/C70H112O35/c1-25-37(76)40(79)46(85)59(95-25)101-52-31(74)24-94-62(55(52)104-60-48(87)44(83)50(26(2)96-60)99-58-49(88)51(30(73)23-93-58)100-57-45(84)38(77)29(72)22-92-57)105-64(90)70-18-17-65(3,4)19-28(70)27-11-12-34-67(7)15-14-36(66(5,6)33(67)13-16-68(34,8)69(27,9)20-35(70)75)98-63-54(43(82)42(81)53(102-63)56(89)91-10)103-61-47(86)41(80)39(78)32(21-71)97-61/h11,25-26,28-55,57-63,71-88H,12-24H2,1-10H3. The zero-order valence-corrected chi connectivity index (χ0v) is 60.6. The zero-order chi connectivity index (χ0) is 76.6. The van der Waals surface area contributed by atoms with Crippen molar-refractivity contribution >= 4 is 11.9 Å². The van der Waals surface area contributed by atoms with Crippen LogP contribution in [0.3, 0.4) is 0 Å². The van der Waals surface area contributed by atoms with Crippen molar-refractivity contribution < 1.29 is 173 Å². The van der Waals surface area contributed by atoms with Crippen LogP contribution in [0.1, 0.15) is 120 Å². The van der Waals surface area contributed by atoms with E-state index in [0.29, 0.717) is 44.9 Å². The number of hydrogen-bond donors (Lipinski definition) is 18. The predicted octanol–water partition coefficient (Wildman–Crippen LogP) is -5.44. The molecule has 0 amide bonds. The summed E-state index contributed by atoms with van der Waals surface area (Å²) in [5.74, 6) is -2.68. The summed E-state index contributed by atoms with van der Waals surface area (Å²) in [5.41, 5.74) is -3.49. The highest BCUT2D eigenvalue weighted by Crippen LogP contribution is 2.76. The molecule has 0 aromatic rings. The van der Waals surface area contributed by atoms with Gasteiger partial charge in [-0.05, 0) is 116 Å². The van der Waals surface area contributed by atoms with Crippen molar-refractivity contribution in [1.29, 1.82) is 0 Å². The van der Waals surface area contributed by atoms with Gasteiger partial charge in [-0.1, -0.05) is 60.1 Å². The smallest absolute Gasteiger partial charge is 0.337 e. The van der Waals surface area contributed by atoms with Crippen molar-refractivity contribution in [2.75, 3.05) is 33.5 Å². The van der Waals surface area contributed by atoms with Crippen LogP contribution in [0.25, 0.3) is 0 Å². The number of aliphatic hydroxyl groups excluding tert-OH is 18. The Hall–Kier alpha value is -2.56. The Labute approximate surface area is 606 Å². The molecule has 18 N–H and O–H groups in total. The van der Waals surface area contributed by atoms with Crippen LogP contribution in [-0.2, 0) is 80.6 Å². The van der Waals surface area contributed by atoms with Gasteiger partial charge in [-0.2, -0.15) is 0 Å². The Bertz CT molecular complexity index is 3040. The number of fused-ring (bicyclic) bond motifs is 7. The normalized spacial score (nSPS) is 54.2. The lowest BCUT2D eigenvalue weighted by atomic mass is 9.33. The van der Waals surface area contributed by atoms with Crippen LogP contribution in [0.2, 0.25) is 0 Å². The first-order valence-corrected chi connectivity index (χ1v) is 36.8. The van der Waals surface area contributed by atoms with Crippen molar-refractivity contribution in [2.24, 2.45) is 50.2 Å². The average Bonchev–Trinajstić information content (AvgIpc) is 0.670. The van der Waals surface area contributed by atoms with Gasteiger partial charge in [0, 0.05) is 0 Å². The van der Waals surface area contributed by atoms with E-state index in [2.05, 4.69) is 54.5 Å². The minimum absolute atomic E-state index is 0.0365. The molecule has 12 aliphatic rings. The van der Waals surface area contributed by atoms with E-state index in [9.17, 15) is 96.7 Å². The zero-order valence-electron chi connectivity index (χ0n) is 60.6. The van der Waals surface area contributed by atoms with Crippen molar-refractivity contribution in [1.82, 2.24) is 0 Å². The number of carbonyl (C=O) groups excluding carboxylic acids is 2. The van der Waals surface area contributed by atoms with Crippen LogP contribution in [0.5, 0.6) is 0 Å². The highest BCUT2D eigenvalue weighted by molar-refractivity contribution is 5.80. The molecule has 7 aliphatic heterocycles. The van der Waals surface area contributed by atoms with Crippen LogP contribution >= 0.6 is 0 Å². The van der Waals surface area contributed by atoms with Crippen LogP contribution in [0, 0.1) is 50.2 Å². The van der Waals surface area contributed by atoms with Crippen molar-refractivity contribution in [2.45, 2.75) is 329 Å². The van der Waals surface area contributed by atoms with E-state index < -0.39 is 280 Å². The second-order valence-electron chi connectivity index (χ2n) is 33.6. The predicted molar refractivity (Wildman–Crippen MR) is 346 cm³/mol. The Morgan fingerprint density at radius 2 is 1.02 bits per heavy atom. The van der Waals surface area contributed by atoms with Gasteiger partial charge in [0.1, 0.15) is 134 Å². The van der Waals surface area contributed by atoms with Crippen LogP contribution in [0.4, 0.5) is 0 Å². The van der Waals surface area contributed by atoms with Crippen LogP contribution in [-0.4, -0.2) is 346 Å². The maximum atomic E-state index is 16.0. The molecule has 4 saturated carbocycles. The summed E-state index contributed by atoms with van der Waals surface area (Å²) in [6, 6.07) is 0. The fourth-order valence-electron chi connectivity index (χ4n) is 20.2. The van der Waals surface area contributed by atoms with Gasteiger partial charge in [0.15, 0.2) is 49.9 Å². The summed E-state index contributed by atoms with van der Waals surface area (Å²) < 4.78 is 89.6. The molecule has 11 fully saturated rings. The molecule has 0 aromatic carbocycles. The minimum Gasteiger partial charge on any atom is -0.467 e. The lowest BCUT2D eigenvalue weighted by Crippen LogP contribution is -2.69. The summed E-state index contributed by atoms with van der Waals surface area (Å²) in [6.45, 7) is 15.4. The second-order valence-corrected chi connectivity index (χ2v) is 33.6. The monoisotopic (exact) mass is 1510 g/mol. The Morgan fingerprint density at radius 1 is 0.476 bits per heavy atom. The van der Waals surface area contributed by atoms with Gasteiger partial charge in [-0.15, -0.1) is 0 Å². The lowest BCUT2D eigenvalue weighted by molar-refractivity contribution is -0.387. The van der Waals surface area contributed by atoms with Gasteiger partial charge < -0.3 is 163 Å². The number of methoxy groups -OCH3 is 1. The Balaban J connectivity index is 0.795. The minimum atomic E-state index is -2.10. The lowest BCUT2D eigenvalue weighted by Gasteiger charge is -2.71. The number of hydrogen-bond acceptors (Lipinski definition) is 35. The molecule has 41 atom stereocenters. The average molecular weight is 1510 g/mol. The molecular weight excluding hydrogens is 1400 g/mol. The molecule has 0 spiro atoms. The molecule has 0 bridgehead atoms. The van der Waals surface area contributed by atoms with E-state index in [-0.39, 0.29) is 30.1 Å². The maximum Gasteiger partial charge on any atom is 0.337 e. The van der Waals surface area contributed by atoms with Gasteiger partial charge in [0.2, 0.25) is 6.29 Å². The van der Waals surface area contributed by atoms with E-state index in [4.69, 9.17) is 71.1 Å². The Kier molecular flexibility index (Phi) is 24.0. The molecule has 0 aromatic heterocycles. The van der Waals surface area contributed by atoms with Gasteiger partial charge in [0.05, 0.1) is 58.0 Å². The van der Waals surface area contributed by atoms with Crippen molar-refractivity contribution in [3.8, 4) is 0 Å². The third-order valence-corrected chi connectivity index (χ3v) is 26.7. The number of allylic oxidation sites excluding steroid dienone is 2. The first-order valence-electron chi connectivity index (χ1n) is 36.8. The van der Waals surface area contributed by atoms with E-state index in [0.717, 1.165) is 12.7 Å². The highest BCUT2D eigenvalue weighted by atomic mass is 16.8. The van der Waals surface area contributed by atoms with E-state index in [1.807, 2.05) is 0 Å². The molecule has 0 radical (unpaired) electrons. The topological polar surface area (TPSA) is 537 Å². The first kappa shape index (κ1) is 81.9. The third-order valence-electron chi connectivity index (χ3n) is 26.7. The summed E-state index contributed by atoms with van der Waals surface area (Å²) in [6.07, 6.45) is -51.2. The number of ether oxygens (including phenoxy) is 15. The molecule has 602 valence electrons. The van der Waals surface area contributed by atoms with Crippen molar-refractivity contribution in [3.63, 3.8) is 0 Å². The molecule has 35 heteroatoms. The van der Waals surface area contributed by atoms with Crippen molar-refractivity contribution in [3.05, 3.63) is 11.6 Å². The SMILES string of the molecule is COC(=O)C1OC(OC2CCC3(C)C(CCC4(C)C3CC=C3C5CC(C)(C)CCC5(C(=O)OC5OCC(O)C(OC6OC(C)C(O)C(O)C6O)C5OC5OC(C)C(OC6OCC(O)C(OC7OCC(O)C(O)C7O)C6O)C(O)C5O)C(O)CC34C)C2(C)C)C(OC2OC(CO)C(O)C(O)C2O)C(O)C1O. The molecule has 35 nitrogen and oxygen atoms in total. The largest absolute Gasteiger partial charge is 0.467 e. The summed E-state index contributed by atoms with van der Waals surface area (Å²) in [4.78, 5) is 29.1. The molecular formula is C70H112O35. The van der Waals surface area contributed by atoms with Crippen LogP contribution < -0.4 is 0 Å². The third kappa shape index (κ3) is 14.2. The second kappa shape index (κ2) is 30.7. The fourth-order valence-corrected chi connectivity index (χ4v) is 20.2. The summed E-state index contributed by atoms with van der Waals surface area (Å²) >= 11 is 0. The molecule has 41 unspecified atom stereocenters. The van der Waals surface area contributed by atoms with Gasteiger partial charge in [0.25, 0.3) is 0 Å². The summed E-state index contributed by atoms with van der Waals surface area (Å²) in [7, 11) is 1.08. The van der Waals surface area contributed by atoms with Crippen LogP contribution in [0.15, 0.2) is 11.6 Å².